The number of anilines is 2. The number of carbonyl (C=O) groups excluding carboxylic acids is 2. The Bertz CT molecular complexity index is 1010. The van der Waals surface area contributed by atoms with E-state index in [0.29, 0.717) is 13.1 Å². The van der Waals surface area contributed by atoms with E-state index in [9.17, 15) is 9.59 Å². The number of rotatable bonds is 5. The molecule has 3 aromatic rings. The summed E-state index contributed by atoms with van der Waals surface area (Å²) < 4.78 is 5.15. The van der Waals surface area contributed by atoms with Crippen LogP contribution in [0.1, 0.15) is 0 Å². The molecule has 142 valence electrons. The molecule has 0 unspecified atom stereocenters. The van der Waals surface area contributed by atoms with Gasteiger partial charge in [-0.05, 0) is 35.7 Å². The molecular weight excluding hydrogens is 354 g/mol. The quantitative estimate of drug-likeness (QED) is 0.739. The van der Waals surface area contributed by atoms with Crippen LogP contribution in [0.5, 0.6) is 5.75 Å². The van der Waals surface area contributed by atoms with Crippen LogP contribution >= 0.6 is 0 Å². The second-order valence-electron chi connectivity index (χ2n) is 6.63. The molecule has 0 radical (unpaired) electrons. The first-order chi connectivity index (χ1) is 13.7. The van der Waals surface area contributed by atoms with Gasteiger partial charge in [-0.2, -0.15) is 0 Å². The molecule has 0 aliphatic carbocycles. The van der Waals surface area contributed by atoms with Gasteiger partial charge in [0.1, 0.15) is 12.3 Å². The van der Waals surface area contributed by atoms with Crippen molar-refractivity contribution in [3.63, 3.8) is 0 Å². The molecule has 4 rings (SSSR count). The Morgan fingerprint density at radius 3 is 2.54 bits per heavy atom. The number of urea groups is 1. The molecule has 1 heterocycles. The van der Waals surface area contributed by atoms with Crippen molar-refractivity contribution in [2.75, 3.05) is 37.0 Å². The Kier molecular flexibility index (Phi) is 4.85. The van der Waals surface area contributed by atoms with Gasteiger partial charge in [0, 0.05) is 29.9 Å². The van der Waals surface area contributed by atoms with Crippen molar-refractivity contribution in [3.8, 4) is 5.75 Å². The lowest BCUT2D eigenvalue weighted by atomic mass is 10.1. The van der Waals surface area contributed by atoms with Crippen molar-refractivity contribution >= 4 is 34.1 Å². The fourth-order valence-electron chi connectivity index (χ4n) is 3.43. The summed E-state index contributed by atoms with van der Waals surface area (Å²) in [7, 11) is 1.60. The topological polar surface area (TPSA) is 61.9 Å². The molecule has 1 aliphatic rings. The highest BCUT2D eigenvalue weighted by Gasteiger charge is 2.30. The Morgan fingerprint density at radius 1 is 1.00 bits per heavy atom. The van der Waals surface area contributed by atoms with Crippen LogP contribution in [0, 0.1) is 0 Å². The number of fused-ring (bicyclic) bond motifs is 1. The molecule has 0 saturated carbocycles. The number of methoxy groups -OCH3 is 1. The summed E-state index contributed by atoms with van der Waals surface area (Å²) in [6, 6.07) is 20.8. The molecule has 0 bridgehead atoms. The molecule has 3 aromatic carbocycles. The van der Waals surface area contributed by atoms with Crippen LogP contribution in [0.4, 0.5) is 16.2 Å². The first kappa shape index (κ1) is 17.9. The average molecular weight is 375 g/mol. The van der Waals surface area contributed by atoms with E-state index in [0.717, 1.165) is 27.9 Å². The standard InChI is InChI=1S/C22H21N3O3/c1-28-18-11-9-17(10-12-18)25-14-13-24(22(25)27)15-21(26)23-20-8-4-6-16-5-2-3-7-19(16)20/h2-12H,13-15H2,1H3,(H,23,26). The number of ether oxygens (including phenoxy) is 1. The van der Waals surface area contributed by atoms with Gasteiger partial charge in [0.15, 0.2) is 0 Å². The summed E-state index contributed by atoms with van der Waals surface area (Å²) in [5.41, 5.74) is 1.55. The molecule has 0 spiro atoms. The lowest BCUT2D eigenvalue weighted by Gasteiger charge is -2.19. The molecule has 28 heavy (non-hydrogen) atoms. The molecule has 3 amide bonds. The fraction of sp³-hybridized carbons (Fsp3) is 0.182. The van der Waals surface area contributed by atoms with E-state index < -0.39 is 0 Å². The number of nitrogens with one attached hydrogen (secondary N) is 1. The maximum atomic E-state index is 12.7. The van der Waals surface area contributed by atoms with Crippen molar-refractivity contribution in [2.24, 2.45) is 0 Å². The Labute approximate surface area is 163 Å². The van der Waals surface area contributed by atoms with E-state index in [1.54, 1.807) is 16.9 Å². The summed E-state index contributed by atoms with van der Waals surface area (Å²) in [6.07, 6.45) is 0. The zero-order chi connectivity index (χ0) is 19.5. The third-order valence-electron chi connectivity index (χ3n) is 4.88. The smallest absolute Gasteiger partial charge is 0.325 e. The highest BCUT2D eigenvalue weighted by Crippen LogP contribution is 2.24. The van der Waals surface area contributed by atoms with Crippen LogP contribution < -0.4 is 15.0 Å². The predicted octanol–water partition coefficient (Wildman–Crippen LogP) is 3.73. The zero-order valence-corrected chi connectivity index (χ0v) is 15.6. The van der Waals surface area contributed by atoms with Crippen molar-refractivity contribution in [1.82, 2.24) is 4.90 Å². The van der Waals surface area contributed by atoms with E-state index >= 15 is 0 Å². The maximum Gasteiger partial charge on any atom is 0.325 e. The maximum absolute atomic E-state index is 12.7. The molecule has 6 nitrogen and oxygen atoms in total. The van der Waals surface area contributed by atoms with Crippen molar-refractivity contribution < 1.29 is 14.3 Å². The molecule has 0 atom stereocenters. The molecule has 1 fully saturated rings. The summed E-state index contributed by atoms with van der Waals surface area (Å²) >= 11 is 0. The van der Waals surface area contributed by atoms with Crippen LogP contribution in [0.2, 0.25) is 0 Å². The van der Waals surface area contributed by atoms with Gasteiger partial charge < -0.3 is 15.0 Å². The van der Waals surface area contributed by atoms with Gasteiger partial charge in [-0.3, -0.25) is 9.69 Å². The van der Waals surface area contributed by atoms with Crippen LogP contribution in [-0.2, 0) is 4.79 Å². The summed E-state index contributed by atoms with van der Waals surface area (Å²) in [6.45, 7) is 1.08. The summed E-state index contributed by atoms with van der Waals surface area (Å²) in [5.74, 6) is 0.531. The van der Waals surface area contributed by atoms with Crippen LogP contribution in [-0.4, -0.2) is 43.6 Å². The highest BCUT2D eigenvalue weighted by molar-refractivity contribution is 6.04. The number of nitrogens with zero attached hydrogens (tertiary/aromatic N) is 2. The lowest BCUT2D eigenvalue weighted by molar-refractivity contribution is -0.116. The van der Waals surface area contributed by atoms with Gasteiger partial charge >= 0.3 is 6.03 Å². The monoisotopic (exact) mass is 375 g/mol. The van der Waals surface area contributed by atoms with Gasteiger partial charge in [-0.1, -0.05) is 36.4 Å². The molecule has 1 N–H and O–H groups in total. The van der Waals surface area contributed by atoms with Crippen molar-refractivity contribution in [2.45, 2.75) is 0 Å². The third-order valence-corrected chi connectivity index (χ3v) is 4.88. The van der Waals surface area contributed by atoms with E-state index in [-0.39, 0.29) is 18.5 Å². The molecule has 1 saturated heterocycles. The zero-order valence-electron chi connectivity index (χ0n) is 15.6. The Morgan fingerprint density at radius 2 is 1.75 bits per heavy atom. The minimum atomic E-state index is -0.207. The Hall–Kier alpha value is -3.54. The number of hydrogen-bond acceptors (Lipinski definition) is 3. The van der Waals surface area contributed by atoms with Gasteiger partial charge in [-0.25, -0.2) is 4.79 Å². The lowest BCUT2D eigenvalue weighted by Crippen LogP contribution is -2.37. The van der Waals surface area contributed by atoms with Crippen molar-refractivity contribution in [3.05, 3.63) is 66.7 Å². The summed E-state index contributed by atoms with van der Waals surface area (Å²) in [5, 5.41) is 4.97. The number of amides is 3. The SMILES string of the molecule is COc1ccc(N2CCN(CC(=O)Nc3cccc4ccccc34)C2=O)cc1. The van der Waals surface area contributed by atoms with Gasteiger partial charge in [-0.15, -0.1) is 0 Å². The Balaban J connectivity index is 1.42. The first-order valence-electron chi connectivity index (χ1n) is 9.14. The van der Waals surface area contributed by atoms with Crippen LogP contribution in [0.15, 0.2) is 66.7 Å². The van der Waals surface area contributed by atoms with Crippen molar-refractivity contribution in [1.29, 1.82) is 0 Å². The normalized spacial score (nSPS) is 13.8. The van der Waals surface area contributed by atoms with Gasteiger partial charge in [0.25, 0.3) is 0 Å². The second-order valence-corrected chi connectivity index (χ2v) is 6.63. The van der Waals surface area contributed by atoms with E-state index in [1.165, 1.54) is 0 Å². The minimum absolute atomic E-state index is 0.0225. The van der Waals surface area contributed by atoms with E-state index in [4.69, 9.17) is 4.74 Å². The van der Waals surface area contributed by atoms with E-state index in [1.807, 2.05) is 66.7 Å². The van der Waals surface area contributed by atoms with Crippen LogP contribution in [0.3, 0.4) is 0 Å². The van der Waals surface area contributed by atoms with Gasteiger partial charge in [0.05, 0.1) is 7.11 Å². The van der Waals surface area contributed by atoms with E-state index in [2.05, 4.69) is 5.32 Å². The summed E-state index contributed by atoms with van der Waals surface area (Å²) in [4.78, 5) is 28.5. The van der Waals surface area contributed by atoms with Gasteiger partial charge in [0.2, 0.25) is 5.91 Å². The number of hydrogen-bond donors (Lipinski definition) is 1. The fourth-order valence-corrected chi connectivity index (χ4v) is 3.43. The highest BCUT2D eigenvalue weighted by atomic mass is 16.5. The van der Waals surface area contributed by atoms with Crippen LogP contribution in [0.25, 0.3) is 10.8 Å². The largest absolute Gasteiger partial charge is 0.497 e. The average Bonchev–Trinajstić information content (AvgIpc) is 3.08. The molecule has 6 heteroatoms. The molecule has 1 aliphatic heterocycles. The number of benzene rings is 3. The predicted molar refractivity (Wildman–Crippen MR) is 110 cm³/mol. The molecule has 0 aromatic heterocycles. The molecular formula is C22H21N3O3. The minimum Gasteiger partial charge on any atom is -0.497 e. The third kappa shape index (κ3) is 3.49. The first-order valence-corrected chi connectivity index (χ1v) is 9.14. The second kappa shape index (κ2) is 7.60. The number of carbonyl (C=O) groups is 2.